The fourth-order valence-corrected chi connectivity index (χ4v) is 2.78. The molecule has 0 bridgehead atoms. The first-order valence-electron chi connectivity index (χ1n) is 8.50. The Hall–Kier alpha value is -3.55. The Kier molecular flexibility index (Phi) is 5.78. The third kappa shape index (κ3) is 3.75. The van der Waals surface area contributed by atoms with Crippen LogP contribution in [0.3, 0.4) is 0 Å². The molecule has 0 radical (unpaired) electrons. The maximum absolute atomic E-state index is 12.4. The molecule has 0 amide bonds. The van der Waals surface area contributed by atoms with Crippen molar-refractivity contribution in [2.24, 2.45) is 0 Å². The first-order valence-corrected chi connectivity index (χ1v) is 8.50. The van der Waals surface area contributed by atoms with E-state index in [0.29, 0.717) is 28.2 Å². The van der Waals surface area contributed by atoms with Crippen LogP contribution in [0.1, 0.15) is 10.4 Å². The largest absolute Gasteiger partial charge is 0.493 e. The van der Waals surface area contributed by atoms with E-state index < -0.39 is 5.97 Å². The summed E-state index contributed by atoms with van der Waals surface area (Å²) in [7, 11) is 4.41. The Morgan fingerprint density at radius 1 is 1.04 bits per heavy atom. The number of esters is 1. The summed E-state index contributed by atoms with van der Waals surface area (Å²) in [6.45, 7) is 0.197. The SMILES string of the molecule is COc1cc(C(=O)OCCn2cnc3ccccc3c2=O)cc(OC)c1OC. The highest BCUT2D eigenvalue weighted by Crippen LogP contribution is 2.38. The number of carbonyl (C=O) groups excluding carboxylic acids is 1. The van der Waals surface area contributed by atoms with E-state index in [0.717, 1.165) is 0 Å². The second kappa shape index (κ2) is 8.43. The van der Waals surface area contributed by atoms with Crippen molar-refractivity contribution < 1.29 is 23.7 Å². The highest BCUT2D eigenvalue weighted by molar-refractivity contribution is 5.91. The van der Waals surface area contributed by atoms with Gasteiger partial charge in [-0.1, -0.05) is 12.1 Å². The monoisotopic (exact) mass is 384 g/mol. The normalized spacial score (nSPS) is 10.5. The molecule has 0 aliphatic carbocycles. The molecule has 0 atom stereocenters. The third-order valence-electron chi connectivity index (χ3n) is 4.20. The molecule has 1 aromatic heterocycles. The lowest BCUT2D eigenvalue weighted by molar-refractivity contribution is 0.0489. The molecule has 3 aromatic rings. The number of fused-ring (bicyclic) bond motifs is 1. The molecule has 1 heterocycles. The lowest BCUT2D eigenvalue weighted by Crippen LogP contribution is -2.23. The quantitative estimate of drug-likeness (QED) is 0.577. The van der Waals surface area contributed by atoms with E-state index in [9.17, 15) is 9.59 Å². The van der Waals surface area contributed by atoms with Gasteiger partial charge in [-0.3, -0.25) is 9.36 Å². The number of ether oxygens (including phenoxy) is 4. The van der Waals surface area contributed by atoms with Gasteiger partial charge in [-0.25, -0.2) is 9.78 Å². The van der Waals surface area contributed by atoms with E-state index in [4.69, 9.17) is 18.9 Å². The third-order valence-corrected chi connectivity index (χ3v) is 4.20. The molecule has 0 spiro atoms. The number of benzene rings is 2. The van der Waals surface area contributed by atoms with Crippen molar-refractivity contribution in [1.82, 2.24) is 9.55 Å². The number of para-hydroxylation sites is 1. The molecule has 0 fully saturated rings. The van der Waals surface area contributed by atoms with Crippen molar-refractivity contribution in [1.29, 1.82) is 0 Å². The van der Waals surface area contributed by atoms with Crippen molar-refractivity contribution in [3.05, 3.63) is 58.6 Å². The first-order chi connectivity index (χ1) is 13.6. The summed E-state index contributed by atoms with van der Waals surface area (Å²) < 4.78 is 22.4. The van der Waals surface area contributed by atoms with Crippen molar-refractivity contribution >= 4 is 16.9 Å². The molecular formula is C20H20N2O6. The van der Waals surface area contributed by atoms with Gasteiger partial charge < -0.3 is 18.9 Å². The Morgan fingerprint density at radius 2 is 1.71 bits per heavy atom. The van der Waals surface area contributed by atoms with Crippen LogP contribution in [0.15, 0.2) is 47.5 Å². The predicted molar refractivity (Wildman–Crippen MR) is 102 cm³/mol. The predicted octanol–water partition coefficient (Wildman–Crippen LogP) is 2.28. The number of nitrogens with zero attached hydrogens (tertiary/aromatic N) is 2. The number of aromatic nitrogens is 2. The van der Waals surface area contributed by atoms with Crippen LogP contribution >= 0.6 is 0 Å². The molecule has 0 saturated heterocycles. The molecule has 146 valence electrons. The Balaban J connectivity index is 1.73. The maximum Gasteiger partial charge on any atom is 0.338 e. The highest BCUT2D eigenvalue weighted by atomic mass is 16.5. The zero-order valence-corrected chi connectivity index (χ0v) is 15.8. The molecule has 8 nitrogen and oxygen atoms in total. The minimum Gasteiger partial charge on any atom is -0.493 e. The number of methoxy groups -OCH3 is 3. The zero-order chi connectivity index (χ0) is 20.1. The van der Waals surface area contributed by atoms with Crippen molar-refractivity contribution in [2.75, 3.05) is 27.9 Å². The summed E-state index contributed by atoms with van der Waals surface area (Å²) in [5, 5.41) is 0.515. The second-order valence-electron chi connectivity index (χ2n) is 5.81. The Bertz CT molecular complexity index is 1030. The standard InChI is InChI=1S/C20H20N2O6/c1-25-16-10-13(11-17(26-2)18(16)27-3)20(24)28-9-8-22-12-21-15-7-5-4-6-14(15)19(22)23/h4-7,10-12H,8-9H2,1-3H3. The summed E-state index contributed by atoms with van der Waals surface area (Å²) in [5.41, 5.74) is 0.686. The van der Waals surface area contributed by atoms with Gasteiger partial charge in [0.2, 0.25) is 5.75 Å². The number of hydrogen-bond acceptors (Lipinski definition) is 7. The van der Waals surface area contributed by atoms with Gasteiger partial charge in [0.15, 0.2) is 11.5 Å². The molecule has 0 aliphatic rings. The van der Waals surface area contributed by atoms with E-state index in [-0.39, 0.29) is 24.3 Å². The van der Waals surface area contributed by atoms with E-state index in [1.165, 1.54) is 44.4 Å². The smallest absolute Gasteiger partial charge is 0.338 e. The van der Waals surface area contributed by atoms with E-state index in [1.54, 1.807) is 18.2 Å². The van der Waals surface area contributed by atoms with Crippen LogP contribution < -0.4 is 19.8 Å². The molecule has 0 saturated carbocycles. The topological polar surface area (TPSA) is 88.9 Å². The molecule has 0 unspecified atom stereocenters. The number of carbonyl (C=O) groups is 1. The summed E-state index contributed by atoms with van der Waals surface area (Å²) in [6.07, 6.45) is 1.44. The average molecular weight is 384 g/mol. The Morgan fingerprint density at radius 3 is 2.36 bits per heavy atom. The van der Waals surface area contributed by atoms with Crippen LogP contribution in [0.5, 0.6) is 17.2 Å². The van der Waals surface area contributed by atoms with Gasteiger partial charge in [0.25, 0.3) is 5.56 Å². The zero-order valence-electron chi connectivity index (χ0n) is 15.8. The summed E-state index contributed by atoms with van der Waals surface area (Å²) in [6, 6.07) is 10.1. The van der Waals surface area contributed by atoms with Crippen LogP contribution in [-0.4, -0.2) is 43.5 Å². The van der Waals surface area contributed by atoms with Crippen molar-refractivity contribution in [3.63, 3.8) is 0 Å². The number of hydrogen-bond donors (Lipinski definition) is 0. The van der Waals surface area contributed by atoms with E-state index in [1.807, 2.05) is 6.07 Å². The average Bonchev–Trinajstić information content (AvgIpc) is 2.74. The summed E-state index contributed by atoms with van der Waals surface area (Å²) in [5.74, 6) is 0.517. The minimum absolute atomic E-state index is 0.00935. The molecule has 3 rings (SSSR count). The van der Waals surface area contributed by atoms with Gasteiger partial charge in [-0.2, -0.15) is 0 Å². The number of rotatable bonds is 7. The van der Waals surface area contributed by atoms with Gasteiger partial charge in [-0.05, 0) is 24.3 Å². The fourth-order valence-electron chi connectivity index (χ4n) is 2.78. The van der Waals surface area contributed by atoms with Gasteiger partial charge >= 0.3 is 5.97 Å². The first kappa shape index (κ1) is 19.2. The summed E-state index contributed by atoms with van der Waals surface area (Å²) in [4.78, 5) is 29.1. The van der Waals surface area contributed by atoms with Crippen molar-refractivity contribution in [2.45, 2.75) is 6.54 Å². The van der Waals surface area contributed by atoms with E-state index >= 15 is 0 Å². The van der Waals surface area contributed by atoms with E-state index in [2.05, 4.69) is 4.98 Å². The molecule has 2 aromatic carbocycles. The lowest BCUT2D eigenvalue weighted by Gasteiger charge is -2.14. The van der Waals surface area contributed by atoms with Gasteiger partial charge in [0.05, 0.1) is 50.7 Å². The Labute approximate surface area is 161 Å². The van der Waals surface area contributed by atoms with Gasteiger partial charge in [0.1, 0.15) is 6.61 Å². The van der Waals surface area contributed by atoms with Crippen LogP contribution in [0.2, 0.25) is 0 Å². The second-order valence-corrected chi connectivity index (χ2v) is 5.81. The van der Waals surface area contributed by atoms with Crippen LogP contribution in [0.4, 0.5) is 0 Å². The maximum atomic E-state index is 12.4. The van der Waals surface area contributed by atoms with Crippen molar-refractivity contribution in [3.8, 4) is 17.2 Å². The molecule has 8 heteroatoms. The molecule has 28 heavy (non-hydrogen) atoms. The minimum atomic E-state index is -0.568. The highest BCUT2D eigenvalue weighted by Gasteiger charge is 2.18. The molecular weight excluding hydrogens is 364 g/mol. The van der Waals surface area contributed by atoms with Crippen LogP contribution in [0, 0.1) is 0 Å². The van der Waals surface area contributed by atoms with Gasteiger partial charge in [-0.15, -0.1) is 0 Å². The molecule has 0 N–H and O–H groups in total. The van der Waals surface area contributed by atoms with Crippen LogP contribution in [-0.2, 0) is 11.3 Å². The van der Waals surface area contributed by atoms with Gasteiger partial charge in [0, 0.05) is 0 Å². The summed E-state index contributed by atoms with van der Waals surface area (Å²) >= 11 is 0. The fraction of sp³-hybridized carbons (Fsp3) is 0.250. The van der Waals surface area contributed by atoms with Crippen LogP contribution in [0.25, 0.3) is 10.9 Å². The lowest BCUT2D eigenvalue weighted by atomic mass is 10.2. The molecule has 0 aliphatic heterocycles.